The molecule has 0 atom stereocenters. The number of halogens is 7. The van der Waals surface area contributed by atoms with Crippen LogP contribution in [0.2, 0.25) is 0 Å². The van der Waals surface area contributed by atoms with E-state index in [9.17, 15) is 30.7 Å². The van der Waals surface area contributed by atoms with Gasteiger partial charge in [-0.2, -0.15) is 26.3 Å². The van der Waals surface area contributed by atoms with Gasteiger partial charge in [0.05, 0.1) is 17.0 Å². The van der Waals surface area contributed by atoms with Gasteiger partial charge in [-0.15, -0.1) is 0 Å². The third kappa shape index (κ3) is 4.61. The second kappa shape index (κ2) is 7.83. The minimum absolute atomic E-state index is 0.257. The highest BCUT2D eigenvalue weighted by Crippen LogP contribution is 2.35. The highest BCUT2D eigenvalue weighted by Gasteiger charge is 2.35. The Morgan fingerprint density at radius 3 is 2.12 bits per heavy atom. The lowest BCUT2D eigenvalue weighted by atomic mass is 10.1. The lowest BCUT2D eigenvalue weighted by molar-refractivity contribution is -0.141. The number of rotatable bonds is 3. The van der Waals surface area contributed by atoms with Crippen molar-refractivity contribution in [3.63, 3.8) is 0 Å². The first-order valence-corrected chi connectivity index (χ1v) is 9.01. The first-order valence-electron chi connectivity index (χ1n) is 9.01. The van der Waals surface area contributed by atoms with Crippen molar-refractivity contribution in [3.8, 4) is 28.5 Å². The lowest BCUT2D eigenvalue weighted by Crippen LogP contribution is -2.12. The van der Waals surface area contributed by atoms with Crippen LogP contribution in [0.5, 0.6) is 0 Å². The summed E-state index contributed by atoms with van der Waals surface area (Å²) in [5, 5.41) is 0. The highest BCUT2D eigenvalue weighted by molar-refractivity contribution is 5.62. The Morgan fingerprint density at radius 2 is 1.52 bits per heavy atom. The summed E-state index contributed by atoms with van der Waals surface area (Å²) in [7, 11) is 0. The Morgan fingerprint density at radius 1 is 0.788 bits per heavy atom. The maximum Gasteiger partial charge on any atom is 0.433 e. The number of nitrogen functional groups attached to an aromatic ring is 1. The molecule has 0 fully saturated rings. The third-order valence-electron chi connectivity index (χ3n) is 4.47. The van der Waals surface area contributed by atoms with Gasteiger partial charge in [0.25, 0.3) is 0 Å². The summed E-state index contributed by atoms with van der Waals surface area (Å²) in [6.45, 7) is 0. The molecule has 1 aromatic carbocycles. The molecule has 170 valence electrons. The van der Waals surface area contributed by atoms with Crippen LogP contribution in [0.15, 0.2) is 55.1 Å². The molecule has 0 aliphatic rings. The van der Waals surface area contributed by atoms with Crippen molar-refractivity contribution in [2.45, 2.75) is 12.4 Å². The van der Waals surface area contributed by atoms with Gasteiger partial charge in [-0.1, -0.05) is 6.07 Å². The van der Waals surface area contributed by atoms with Crippen LogP contribution in [-0.4, -0.2) is 24.5 Å². The van der Waals surface area contributed by atoms with Crippen molar-refractivity contribution in [3.05, 3.63) is 72.2 Å². The molecule has 4 aromatic rings. The number of aromatic nitrogens is 5. The zero-order valence-electron chi connectivity index (χ0n) is 16.2. The molecule has 2 N–H and O–H groups in total. The summed E-state index contributed by atoms with van der Waals surface area (Å²) in [5.41, 5.74) is 2.72. The predicted molar refractivity (Wildman–Crippen MR) is 102 cm³/mol. The fourth-order valence-electron chi connectivity index (χ4n) is 2.89. The third-order valence-corrected chi connectivity index (χ3v) is 4.47. The molecule has 0 aliphatic carbocycles. The van der Waals surface area contributed by atoms with Crippen molar-refractivity contribution in [1.29, 1.82) is 0 Å². The number of anilines is 1. The summed E-state index contributed by atoms with van der Waals surface area (Å²) < 4.78 is 93.8. The monoisotopic (exact) mass is 468 g/mol. The summed E-state index contributed by atoms with van der Waals surface area (Å²) in [6.07, 6.45) is -5.97. The maximum atomic E-state index is 14.0. The van der Waals surface area contributed by atoms with Crippen LogP contribution in [0.25, 0.3) is 28.5 Å². The van der Waals surface area contributed by atoms with Crippen LogP contribution in [-0.2, 0) is 12.4 Å². The fraction of sp³-hybridized carbons (Fsp3) is 0.100. The Kier molecular flexibility index (Phi) is 5.26. The van der Waals surface area contributed by atoms with Gasteiger partial charge < -0.3 is 5.73 Å². The van der Waals surface area contributed by atoms with E-state index in [1.807, 2.05) is 0 Å². The van der Waals surface area contributed by atoms with Gasteiger partial charge in [-0.25, -0.2) is 24.3 Å². The van der Waals surface area contributed by atoms with Gasteiger partial charge >= 0.3 is 12.4 Å². The van der Waals surface area contributed by atoms with Crippen molar-refractivity contribution in [1.82, 2.24) is 24.5 Å². The summed E-state index contributed by atoms with van der Waals surface area (Å²) in [5.74, 6) is -1.86. The van der Waals surface area contributed by atoms with Gasteiger partial charge in [0, 0.05) is 23.5 Å². The summed E-state index contributed by atoms with van der Waals surface area (Å²) >= 11 is 0. The van der Waals surface area contributed by atoms with Crippen LogP contribution >= 0.6 is 0 Å². The molecule has 0 unspecified atom stereocenters. The molecule has 13 heteroatoms. The quantitative estimate of drug-likeness (QED) is 0.421. The average Bonchev–Trinajstić information content (AvgIpc) is 3.22. The molecule has 0 amide bonds. The van der Waals surface area contributed by atoms with Gasteiger partial charge in [-0.3, -0.25) is 4.57 Å². The highest BCUT2D eigenvalue weighted by atomic mass is 19.4. The first kappa shape index (κ1) is 22.2. The van der Waals surface area contributed by atoms with Crippen molar-refractivity contribution >= 4 is 5.82 Å². The zero-order valence-corrected chi connectivity index (χ0v) is 16.2. The van der Waals surface area contributed by atoms with Crippen LogP contribution in [0.3, 0.4) is 0 Å². The first-order chi connectivity index (χ1) is 15.4. The summed E-state index contributed by atoms with van der Waals surface area (Å²) in [6, 6.07) is 5.35. The molecule has 3 heterocycles. The Balaban J connectivity index is 1.80. The predicted octanol–water partition coefficient (Wildman–Crippen LogP) is 5.15. The molecule has 0 aliphatic heterocycles. The van der Waals surface area contributed by atoms with E-state index in [1.165, 1.54) is 18.5 Å². The lowest BCUT2D eigenvalue weighted by Gasteiger charge is -2.12. The smallest absolute Gasteiger partial charge is 0.384 e. The van der Waals surface area contributed by atoms with Crippen LogP contribution < -0.4 is 5.73 Å². The number of alkyl halides is 6. The Labute approximate surface area is 180 Å². The number of imidazole rings is 1. The molecule has 0 saturated heterocycles. The van der Waals surface area contributed by atoms with E-state index in [1.54, 1.807) is 6.07 Å². The second-order valence-electron chi connectivity index (χ2n) is 6.77. The number of nitrogens with zero attached hydrogens (tertiary/aromatic N) is 5. The van der Waals surface area contributed by atoms with E-state index < -0.39 is 41.1 Å². The normalized spacial score (nSPS) is 12.2. The SMILES string of the molecule is Nc1ccc(-c2cn(-c3nc(-c4ccc(C(F)(F)F)c(F)c4)cc(C(F)(F)F)n3)cn2)cn1. The van der Waals surface area contributed by atoms with Crippen molar-refractivity contribution < 1.29 is 30.7 Å². The molecule has 4 rings (SSSR count). The molecule has 0 radical (unpaired) electrons. The zero-order chi connectivity index (χ0) is 24.0. The minimum Gasteiger partial charge on any atom is -0.384 e. The molecule has 0 spiro atoms. The molecular formula is C20H11F7N6. The van der Waals surface area contributed by atoms with Crippen LogP contribution in [0.1, 0.15) is 11.3 Å². The molecule has 6 nitrogen and oxygen atoms in total. The van der Waals surface area contributed by atoms with Crippen molar-refractivity contribution in [2.24, 2.45) is 0 Å². The van der Waals surface area contributed by atoms with E-state index >= 15 is 0 Å². The number of hydrogen-bond acceptors (Lipinski definition) is 5. The number of hydrogen-bond donors (Lipinski definition) is 1. The van der Waals surface area contributed by atoms with Gasteiger partial charge in [0.2, 0.25) is 5.95 Å². The molecule has 3 aromatic heterocycles. The Bertz CT molecular complexity index is 1310. The minimum atomic E-state index is -4.96. The number of nitrogens with two attached hydrogens (primary N) is 1. The average molecular weight is 468 g/mol. The molecule has 33 heavy (non-hydrogen) atoms. The van der Waals surface area contributed by atoms with E-state index in [-0.39, 0.29) is 11.4 Å². The van der Waals surface area contributed by atoms with Crippen LogP contribution in [0.4, 0.5) is 36.6 Å². The fourth-order valence-corrected chi connectivity index (χ4v) is 2.89. The standard InChI is InChI=1S/C20H11F7N6/c21-13-5-10(1-3-12(13)19(22,23)24)14-6-16(20(25,26)27)32-18(31-14)33-8-15(30-9-33)11-2-4-17(28)29-7-11/h1-9H,(H2,28,29). The largest absolute Gasteiger partial charge is 0.433 e. The van der Waals surface area contributed by atoms with Crippen LogP contribution in [0, 0.1) is 5.82 Å². The topological polar surface area (TPSA) is 82.5 Å². The van der Waals surface area contributed by atoms with Crippen molar-refractivity contribution in [2.75, 3.05) is 5.73 Å². The Hall–Kier alpha value is -4.03. The van der Waals surface area contributed by atoms with E-state index in [4.69, 9.17) is 5.73 Å². The molecular weight excluding hydrogens is 457 g/mol. The number of pyridine rings is 1. The maximum absolute atomic E-state index is 14.0. The second-order valence-corrected chi connectivity index (χ2v) is 6.77. The van der Waals surface area contributed by atoms with E-state index in [0.717, 1.165) is 17.0 Å². The molecule has 0 bridgehead atoms. The van der Waals surface area contributed by atoms with Gasteiger partial charge in [-0.05, 0) is 30.3 Å². The van der Waals surface area contributed by atoms with Gasteiger partial charge in [0.1, 0.15) is 18.0 Å². The van der Waals surface area contributed by atoms with E-state index in [0.29, 0.717) is 29.5 Å². The van der Waals surface area contributed by atoms with Gasteiger partial charge in [0.15, 0.2) is 5.69 Å². The summed E-state index contributed by atoms with van der Waals surface area (Å²) in [4.78, 5) is 15.4. The molecule has 0 saturated carbocycles. The van der Waals surface area contributed by atoms with E-state index in [2.05, 4.69) is 19.9 Å². The number of benzene rings is 1.